The summed E-state index contributed by atoms with van der Waals surface area (Å²) in [7, 11) is -3.54. The molecule has 114 valence electrons. The molecule has 1 aliphatic rings. The molecule has 0 bridgehead atoms. The fourth-order valence-electron chi connectivity index (χ4n) is 2.64. The van der Waals surface area contributed by atoms with E-state index in [1.54, 1.807) is 19.1 Å². The summed E-state index contributed by atoms with van der Waals surface area (Å²) < 4.78 is 27.6. The van der Waals surface area contributed by atoms with Crippen LogP contribution in [0.15, 0.2) is 23.1 Å². The summed E-state index contributed by atoms with van der Waals surface area (Å²) >= 11 is 0. The summed E-state index contributed by atoms with van der Waals surface area (Å²) in [5.74, 6) is 0.313. The first-order valence-electron chi connectivity index (χ1n) is 7.18. The number of nitriles is 1. The molecule has 21 heavy (non-hydrogen) atoms. The zero-order valence-electron chi connectivity index (χ0n) is 12.4. The van der Waals surface area contributed by atoms with Crippen molar-refractivity contribution in [2.24, 2.45) is 5.92 Å². The summed E-state index contributed by atoms with van der Waals surface area (Å²) in [6.07, 6.45) is 2.11. The second-order valence-corrected chi connectivity index (χ2v) is 7.32. The van der Waals surface area contributed by atoms with Crippen molar-refractivity contribution in [3.8, 4) is 6.07 Å². The van der Waals surface area contributed by atoms with Crippen LogP contribution in [0.3, 0.4) is 0 Å². The Balaban J connectivity index is 2.14. The number of nitrogens with one attached hydrogen (secondary N) is 2. The lowest BCUT2D eigenvalue weighted by Crippen LogP contribution is -2.44. The Bertz CT molecular complexity index is 643. The van der Waals surface area contributed by atoms with Crippen molar-refractivity contribution >= 4 is 10.0 Å². The number of nitrogens with zero attached hydrogens (tertiary/aromatic N) is 1. The van der Waals surface area contributed by atoms with Gasteiger partial charge in [0, 0.05) is 6.04 Å². The Morgan fingerprint density at radius 2 is 2.24 bits per heavy atom. The highest BCUT2D eigenvalue weighted by molar-refractivity contribution is 7.89. The molecule has 0 radical (unpaired) electrons. The van der Waals surface area contributed by atoms with Gasteiger partial charge in [0.25, 0.3) is 0 Å². The molecule has 0 aromatic heterocycles. The number of rotatable bonds is 4. The standard InChI is InChI=1S/C15H21N3O2S/c1-11-8-15(6-5-13(11)9-16)21(19,20)18-12(2)14-4-3-7-17-10-14/h5-6,8,12,14,17-18H,3-4,7,10H2,1-2H3. The lowest BCUT2D eigenvalue weighted by molar-refractivity contribution is 0.320. The van der Waals surface area contributed by atoms with Crippen molar-refractivity contribution in [2.75, 3.05) is 13.1 Å². The average molecular weight is 307 g/mol. The van der Waals surface area contributed by atoms with Crippen LogP contribution >= 0.6 is 0 Å². The number of hydrogen-bond acceptors (Lipinski definition) is 4. The maximum Gasteiger partial charge on any atom is 0.240 e. The van der Waals surface area contributed by atoms with Crippen molar-refractivity contribution < 1.29 is 8.42 Å². The third kappa shape index (κ3) is 3.82. The average Bonchev–Trinajstić information content (AvgIpc) is 2.47. The number of hydrogen-bond donors (Lipinski definition) is 2. The van der Waals surface area contributed by atoms with Crippen LogP contribution < -0.4 is 10.0 Å². The normalized spacial score (nSPS) is 20.7. The number of piperidine rings is 1. The van der Waals surface area contributed by atoms with E-state index in [-0.39, 0.29) is 10.9 Å². The molecule has 6 heteroatoms. The van der Waals surface area contributed by atoms with Crippen LogP contribution in [0.2, 0.25) is 0 Å². The van der Waals surface area contributed by atoms with Crippen LogP contribution in [0.4, 0.5) is 0 Å². The topological polar surface area (TPSA) is 82.0 Å². The van der Waals surface area contributed by atoms with E-state index in [2.05, 4.69) is 10.0 Å². The zero-order valence-corrected chi connectivity index (χ0v) is 13.2. The minimum atomic E-state index is -3.54. The van der Waals surface area contributed by atoms with E-state index in [9.17, 15) is 8.42 Å². The highest BCUT2D eigenvalue weighted by atomic mass is 32.2. The molecule has 2 rings (SSSR count). The van der Waals surface area contributed by atoms with Gasteiger partial charge in [0.15, 0.2) is 0 Å². The van der Waals surface area contributed by atoms with Crippen LogP contribution in [0.5, 0.6) is 0 Å². The van der Waals surface area contributed by atoms with E-state index in [1.165, 1.54) is 6.07 Å². The number of benzene rings is 1. The van der Waals surface area contributed by atoms with Gasteiger partial charge in [0.05, 0.1) is 16.5 Å². The first-order valence-corrected chi connectivity index (χ1v) is 8.66. The first kappa shape index (κ1) is 16.0. The molecule has 0 aliphatic carbocycles. The van der Waals surface area contributed by atoms with Crippen molar-refractivity contribution in [3.05, 3.63) is 29.3 Å². The van der Waals surface area contributed by atoms with Gasteiger partial charge in [0.1, 0.15) is 0 Å². The van der Waals surface area contributed by atoms with Crippen LogP contribution in [0.25, 0.3) is 0 Å². The van der Waals surface area contributed by atoms with Gasteiger partial charge in [-0.3, -0.25) is 0 Å². The van der Waals surface area contributed by atoms with E-state index in [0.717, 1.165) is 25.9 Å². The lowest BCUT2D eigenvalue weighted by Gasteiger charge is -2.28. The summed E-state index contributed by atoms with van der Waals surface area (Å²) in [5, 5.41) is 12.2. The fraction of sp³-hybridized carbons (Fsp3) is 0.533. The smallest absolute Gasteiger partial charge is 0.240 e. The molecule has 0 saturated carbocycles. The second-order valence-electron chi connectivity index (χ2n) is 5.60. The van der Waals surface area contributed by atoms with E-state index in [4.69, 9.17) is 5.26 Å². The largest absolute Gasteiger partial charge is 0.316 e. The highest BCUT2D eigenvalue weighted by Crippen LogP contribution is 2.19. The van der Waals surface area contributed by atoms with Gasteiger partial charge in [-0.15, -0.1) is 0 Å². The van der Waals surface area contributed by atoms with Crippen molar-refractivity contribution in [2.45, 2.75) is 37.6 Å². The van der Waals surface area contributed by atoms with E-state index in [0.29, 0.717) is 17.0 Å². The molecule has 1 fully saturated rings. The van der Waals surface area contributed by atoms with Gasteiger partial charge in [-0.25, -0.2) is 13.1 Å². The van der Waals surface area contributed by atoms with Crippen molar-refractivity contribution in [1.82, 2.24) is 10.0 Å². The Hall–Kier alpha value is -1.42. The third-order valence-electron chi connectivity index (χ3n) is 4.01. The predicted molar refractivity (Wildman–Crippen MR) is 81.3 cm³/mol. The molecule has 0 spiro atoms. The minimum Gasteiger partial charge on any atom is -0.316 e. The number of sulfonamides is 1. The molecule has 1 heterocycles. The molecule has 0 amide bonds. The molecular formula is C15H21N3O2S. The fourth-order valence-corrected chi connectivity index (χ4v) is 4.04. The predicted octanol–water partition coefficient (Wildman–Crippen LogP) is 1.53. The zero-order chi connectivity index (χ0) is 15.5. The van der Waals surface area contributed by atoms with Crippen LogP contribution in [0, 0.1) is 24.2 Å². The molecule has 1 aliphatic heterocycles. The van der Waals surface area contributed by atoms with Crippen LogP contribution in [-0.2, 0) is 10.0 Å². The highest BCUT2D eigenvalue weighted by Gasteiger charge is 2.25. The monoisotopic (exact) mass is 307 g/mol. The molecule has 1 aromatic rings. The summed E-state index contributed by atoms with van der Waals surface area (Å²) in [6.45, 7) is 5.50. The molecule has 2 N–H and O–H groups in total. The van der Waals surface area contributed by atoms with Crippen LogP contribution in [-0.4, -0.2) is 27.5 Å². The lowest BCUT2D eigenvalue weighted by atomic mass is 9.94. The van der Waals surface area contributed by atoms with Gasteiger partial charge in [-0.2, -0.15) is 5.26 Å². The quantitative estimate of drug-likeness (QED) is 0.884. The van der Waals surface area contributed by atoms with Gasteiger partial charge in [0.2, 0.25) is 10.0 Å². The Morgan fingerprint density at radius 3 is 2.81 bits per heavy atom. The second kappa shape index (κ2) is 6.56. The first-order chi connectivity index (χ1) is 9.94. The maximum absolute atomic E-state index is 12.4. The Labute approximate surface area is 126 Å². The maximum atomic E-state index is 12.4. The molecule has 5 nitrogen and oxygen atoms in total. The van der Waals surface area contributed by atoms with E-state index >= 15 is 0 Å². The van der Waals surface area contributed by atoms with Gasteiger partial charge in [-0.1, -0.05) is 0 Å². The molecular weight excluding hydrogens is 286 g/mol. The van der Waals surface area contributed by atoms with E-state index in [1.807, 2.05) is 13.0 Å². The Kier molecular flexibility index (Phi) is 4.99. The SMILES string of the molecule is Cc1cc(S(=O)(=O)NC(C)C2CCCNC2)ccc1C#N. The van der Waals surface area contributed by atoms with E-state index < -0.39 is 10.0 Å². The van der Waals surface area contributed by atoms with Crippen molar-refractivity contribution in [3.63, 3.8) is 0 Å². The third-order valence-corrected chi connectivity index (χ3v) is 5.57. The molecule has 2 unspecified atom stereocenters. The number of aryl methyl sites for hydroxylation is 1. The van der Waals surface area contributed by atoms with Gasteiger partial charge < -0.3 is 5.32 Å². The molecule has 2 atom stereocenters. The summed E-state index contributed by atoms with van der Waals surface area (Å²) in [6, 6.07) is 6.52. The molecule has 1 saturated heterocycles. The molecule has 1 aromatic carbocycles. The summed E-state index contributed by atoms with van der Waals surface area (Å²) in [4.78, 5) is 0.217. The summed E-state index contributed by atoms with van der Waals surface area (Å²) in [5.41, 5.74) is 1.17. The minimum absolute atomic E-state index is 0.112. The van der Waals surface area contributed by atoms with Gasteiger partial charge >= 0.3 is 0 Å². The van der Waals surface area contributed by atoms with Gasteiger partial charge in [-0.05, 0) is 69.5 Å². The van der Waals surface area contributed by atoms with Crippen LogP contribution in [0.1, 0.15) is 30.9 Å². The Morgan fingerprint density at radius 1 is 1.48 bits per heavy atom. The van der Waals surface area contributed by atoms with Crippen molar-refractivity contribution in [1.29, 1.82) is 5.26 Å².